The molecule has 1 aromatic carbocycles. The summed E-state index contributed by atoms with van der Waals surface area (Å²) in [6, 6.07) is 8.60. The lowest BCUT2D eigenvalue weighted by Crippen LogP contribution is -2.31. The van der Waals surface area contributed by atoms with Gasteiger partial charge in [0, 0.05) is 24.0 Å². The lowest BCUT2D eigenvalue weighted by atomic mass is 10.0. The Bertz CT molecular complexity index is 972. The summed E-state index contributed by atoms with van der Waals surface area (Å²) in [5, 5.41) is 20.9. The molecule has 138 valence electrons. The molecule has 0 spiro atoms. The predicted molar refractivity (Wildman–Crippen MR) is 101 cm³/mol. The van der Waals surface area contributed by atoms with Gasteiger partial charge >= 0.3 is 0 Å². The number of nitrogens with one attached hydrogen (secondary N) is 2. The molecule has 0 radical (unpaired) electrons. The van der Waals surface area contributed by atoms with Crippen LogP contribution in [0.2, 0.25) is 0 Å². The van der Waals surface area contributed by atoms with E-state index < -0.39 is 0 Å². The number of fused-ring (bicyclic) bond motifs is 2. The highest BCUT2D eigenvalue weighted by molar-refractivity contribution is 5.85. The molecule has 0 amide bonds. The van der Waals surface area contributed by atoms with Gasteiger partial charge in [0.25, 0.3) is 0 Å². The SMILES string of the molecule is O=CC(c1cc(-c2ccc(O)cc2)nc2[nH]ncc12)N1CC2CNCC2C1. The number of carbonyl (C=O) groups excluding carboxylic acids is 1. The molecule has 7 heteroatoms. The first-order valence-corrected chi connectivity index (χ1v) is 9.26. The van der Waals surface area contributed by atoms with Gasteiger partial charge in [0.05, 0.1) is 17.9 Å². The maximum Gasteiger partial charge on any atom is 0.156 e. The van der Waals surface area contributed by atoms with Crippen molar-refractivity contribution in [1.29, 1.82) is 0 Å². The largest absolute Gasteiger partial charge is 0.508 e. The molecule has 3 N–H and O–H groups in total. The standard InChI is InChI=1S/C20H21N5O2/c26-11-19(25-9-13-6-21-7-14(13)10-25)16-5-18(12-1-3-15(27)4-2-12)23-20-17(16)8-22-24-20/h1-5,8,11,13-14,19,21,27H,6-7,9-10H2,(H,22,23,24). The number of aromatic hydroxyl groups is 1. The molecule has 2 saturated heterocycles. The maximum absolute atomic E-state index is 12.1. The van der Waals surface area contributed by atoms with E-state index in [9.17, 15) is 9.90 Å². The Labute approximate surface area is 156 Å². The number of phenols is 1. The highest BCUT2D eigenvalue weighted by Crippen LogP contribution is 2.35. The molecule has 3 aromatic rings. The molecule has 5 rings (SSSR count). The zero-order valence-electron chi connectivity index (χ0n) is 14.8. The van der Waals surface area contributed by atoms with Gasteiger partial charge in [-0.1, -0.05) is 0 Å². The van der Waals surface area contributed by atoms with Crippen molar-refractivity contribution in [2.45, 2.75) is 6.04 Å². The van der Waals surface area contributed by atoms with E-state index >= 15 is 0 Å². The molecule has 4 heterocycles. The van der Waals surface area contributed by atoms with Crippen LogP contribution in [0.3, 0.4) is 0 Å². The lowest BCUT2D eigenvalue weighted by molar-refractivity contribution is -0.112. The zero-order chi connectivity index (χ0) is 18.4. The second-order valence-electron chi connectivity index (χ2n) is 7.49. The summed E-state index contributed by atoms with van der Waals surface area (Å²) in [6.45, 7) is 3.92. The summed E-state index contributed by atoms with van der Waals surface area (Å²) in [6.07, 6.45) is 2.78. The van der Waals surface area contributed by atoms with E-state index in [4.69, 9.17) is 0 Å². The highest BCUT2D eigenvalue weighted by atomic mass is 16.3. The highest BCUT2D eigenvalue weighted by Gasteiger charge is 2.39. The minimum atomic E-state index is -0.311. The zero-order valence-corrected chi connectivity index (χ0v) is 14.8. The normalized spacial score (nSPS) is 23.6. The van der Waals surface area contributed by atoms with Crippen molar-refractivity contribution in [3.63, 3.8) is 0 Å². The summed E-state index contributed by atoms with van der Waals surface area (Å²) in [5.41, 5.74) is 3.25. The Hall–Kier alpha value is -2.77. The van der Waals surface area contributed by atoms with Gasteiger partial charge in [0.1, 0.15) is 12.0 Å². The Kier molecular flexibility index (Phi) is 3.91. The van der Waals surface area contributed by atoms with Crippen molar-refractivity contribution >= 4 is 17.3 Å². The van der Waals surface area contributed by atoms with Gasteiger partial charge in [-0.3, -0.25) is 10.00 Å². The van der Waals surface area contributed by atoms with E-state index in [-0.39, 0.29) is 11.8 Å². The minimum Gasteiger partial charge on any atom is -0.508 e. The van der Waals surface area contributed by atoms with Crippen LogP contribution >= 0.6 is 0 Å². The molecule has 3 unspecified atom stereocenters. The van der Waals surface area contributed by atoms with Crippen molar-refractivity contribution in [3.8, 4) is 17.0 Å². The number of rotatable bonds is 4. The molecule has 2 aliphatic heterocycles. The second-order valence-corrected chi connectivity index (χ2v) is 7.49. The Morgan fingerprint density at radius 1 is 1.19 bits per heavy atom. The summed E-state index contributed by atoms with van der Waals surface area (Å²) in [4.78, 5) is 19.1. The number of phenolic OH excluding ortho intramolecular Hbond substituents is 1. The van der Waals surface area contributed by atoms with Gasteiger partial charge in [-0.25, -0.2) is 4.98 Å². The predicted octanol–water partition coefficient (Wildman–Crippen LogP) is 1.72. The molecule has 2 aliphatic rings. The van der Waals surface area contributed by atoms with E-state index in [0.29, 0.717) is 17.5 Å². The van der Waals surface area contributed by atoms with Crippen LogP contribution in [-0.2, 0) is 4.79 Å². The first-order chi connectivity index (χ1) is 13.2. The number of hydrogen-bond donors (Lipinski definition) is 3. The van der Waals surface area contributed by atoms with Crippen LogP contribution in [0.4, 0.5) is 0 Å². The molecule has 0 bridgehead atoms. The molecule has 27 heavy (non-hydrogen) atoms. The second kappa shape index (κ2) is 6.44. The van der Waals surface area contributed by atoms with Crippen LogP contribution in [0.5, 0.6) is 5.75 Å². The van der Waals surface area contributed by atoms with Crippen LogP contribution in [0.15, 0.2) is 36.5 Å². The van der Waals surface area contributed by atoms with Gasteiger partial charge in [-0.2, -0.15) is 5.10 Å². The van der Waals surface area contributed by atoms with E-state index in [0.717, 1.165) is 54.7 Å². The third-order valence-electron chi connectivity index (χ3n) is 5.88. The lowest BCUT2D eigenvalue weighted by Gasteiger charge is -2.25. The molecular weight excluding hydrogens is 342 g/mol. The summed E-state index contributed by atoms with van der Waals surface area (Å²) >= 11 is 0. The van der Waals surface area contributed by atoms with Gasteiger partial charge in [-0.15, -0.1) is 0 Å². The number of carbonyl (C=O) groups is 1. The first-order valence-electron chi connectivity index (χ1n) is 9.26. The summed E-state index contributed by atoms with van der Waals surface area (Å²) in [7, 11) is 0. The average molecular weight is 363 g/mol. The van der Waals surface area contributed by atoms with Gasteiger partial charge in [0.15, 0.2) is 5.65 Å². The van der Waals surface area contributed by atoms with Crippen molar-refractivity contribution in [2.24, 2.45) is 11.8 Å². The fourth-order valence-corrected chi connectivity index (χ4v) is 4.45. The van der Waals surface area contributed by atoms with Crippen LogP contribution in [0.25, 0.3) is 22.3 Å². The Morgan fingerprint density at radius 3 is 2.63 bits per heavy atom. The van der Waals surface area contributed by atoms with Crippen LogP contribution in [0, 0.1) is 11.8 Å². The quantitative estimate of drug-likeness (QED) is 0.611. The van der Waals surface area contributed by atoms with Crippen LogP contribution in [0.1, 0.15) is 11.6 Å². The molecule has 7 nitrogen and oxygen atoms in total. The molecular formula is C20H21N5O2. The molecule has 3 atom stereocenters. The number of pyridine rings is 1. The first kappa shape index (κ1) is 16.4. The third kappa shape index (κ3) is 2.79. The van der Waals surface area contributed by atoms with Gasteiger partial charge in [-0.05, 0) is 60.8 Å². The van der Waals surface area contributed by atoms with Gasteiger partial charge in [0.2, 0.25) is 0 Å². The van der Waals surface area contributed by atoms with Crippen molar-refractivity contribution in [1.82, 2.24) is 25.4 Å². The number of aromatic nitrogens is 3. The Morgan fingerprint density at radius 2 is 1.93 bits per heavy atom. The fourth-order valence-electron chi connectivity index (χ4n) is 4.45. The topological polar surface area (TPSA) is 94.1 Å². The maximum atomic E-state index is 12.1. The number of aromatic amines is 1. The number of nitrogens with zero attached hydrogens (tertiary/aromatic N) is 3. The molecule has 0 aliphatic carbocycles. The minimum absolute atomic E-state index is 0.213. The van der Waals surface area contributed by atoms with E-state index in [1.165, 1.54) is 0 Å². The monoisotopic (exact) mass is 363 g/mol. The number of benzene rings is 1. The smallest absolute Gasteiger partial charge is 0.156 e. The summed E-state index contributed by atoms with van der Waals surface area (Å²) < 4.78 is 0. The Balaban J connectivity index is 1.57. The fraction of sp³-hybridized carbons (Fsp3) is 0.350. The van der Waals surface area contributed by atoms with E-state index in [1.54, 1.807) is 18.3 Å². The van der Waals surface area contributed by atoms with Crippen LogP contribution < -0.4 is 5.32 Å². The van der Waals surface area contributed by atoms with Crippen molar-refractivity contribution < 1.29 is 9.90 Å². The van der Waals surface area contributed by atoms with Crippen molar-refractivity contribution in [3.05, 3.63) is 42.1 Å². The summed E-state index contributed by atoms with van der Waals surface area (Å²) in [5.74, 6) is 1.45. The number of likely N-dealkylation sites (tertiary alicyclic amines) is 1. The number of aldehydes is 1. The third-order valence-corrected chi connectivity index (χ3v) is 5.88. The van der Waals surface area contributed by atoms with E-state index in [2.05, 4.69) is 25.4 Å². The van der Waals surface area contributed by atoms with E-state index in [1.807, 2.05) is 18.2 Å². The number of hydrogen-bond acceptors (Lipinski definition) is 6. The molecule has 0 saturated carbocycles. The van der Waals surface area contributed by atoms with Gasteiger partial charge < -0.3 is 15.2 Å². The van der Waals surface area contributed by atoms with Crippen LogP contribution in [-0.4, -0.2) is 57.7 Å². The van der Waals surface area contributed by atoms with Crippen molar-refractivity contribution in [2.75, 3.05) is 26.2 Å². The number of H-pyrrole nitrogens is 1. The molecule has 2 aromatic heterocycles. The molecule has 2 fully saturated rings. The average Bonchev–Trinajstić information content (AvgIpc) is 3.38.